The minimum absolute atomic E-state index is 0.0335. The highest BCUT2D eigenvalue weighted by Gasteiger charge is 2.31. The maximum Gasteiger partial charge on any atom is 0.255 e. The molecule has 1 saturated carbocycles. The third-order valence-electron chi connectivity index (χ3n) is 7.10. The fraction of sp³-hybridized carbons (Fsp3) is 0.379. The summed E-state index contributed by atoms with van der Waals surface area (Å²) >= 11 is 6.29. The Labute approximate surface area is 228 Å². The third-order valence-corrected chi connectivity index (χ3v) is 7.43. The van der Waals surface area contributed by atoms with E-state index in [1.54, 1.807) is 36.3 Å². The van der Waals surface area contributed by atoms with Gasteiger partial charge in [0.05, 0.1) is 23.4 Å². The summed E-state index contributed by atoms with van der Waals surface area (Å²) in [6, 6.07) is 18.7. The second-order valence-corrected chi connectivity index (χ2v) is 10.2. The van der Waals surface area contributed by atoms with E-state index in [1.807, 2.05) is 41.3 Å². The predicted octanol–water partition coefficient (Wildman–Crippen LogP) is 4.40. The molecule has 0 atom stereocenters. The van der Waals surface area contributed by atoms with Crippen molar-refractivity contribution in [2.45, 2.75) is 19.3 Å². The SMILES string of the molecule is COc1ccc(-c2ccc(N3CCCN(C(=O)CN(CC4CC4)C(=O)c4ccccc4Cl)CC3)nn2)cc1. The molecule has 1 saturated heterocycles. The second-order valence-electron chi connectivity index (χ2n) is 9.84. The summed E-state index contributed by atoms with van der Waals surface area (Å²) in [5.74, 6) is 1.84. The first kappa shape index (κ1) is 26.0. The number of carbonyl (C=O) groups excluding carboxylic acids is 2. The van der Waals surface area contributed by atoms with Crippen LogP contribution in [-0.4, -0.2) is 78.2 Å². The van der Waals surface area contributed by atoms with Gasteiger partial charge in [0, 0.05) is 38.3 Å². The molecule has 1 aliphatic heterocycles. The summed E-state index contributed by atoms with van der Waals surface area (Å²) in [7, 11) is 1.64. The summed E-state index contributed by atoms with van der Waals surface area (Å²) in [6.45, 7) is 3.30. The van der Waals surface area contributed by atoms with Gasteiger partial charge in [0.25, 0.3) is 5.91 Å². The van der Waals surface area contributed by atoms with Crippen LogP contribution in [0, 0.1) is 5.92 Å². The Hall–Kier alpha value is -3.65. The Bertz CT molecular complexity index is 1260. The molecule has 2 aromatic carbocycles. The van der Waals surface area contributed by atoms with Crippen molar-refractivity contribution < 1.29 is 14.3 Å². The van der Waals surface area contributed by atoms with Crippen molar-refractivity contribution in [2.24, 2.45) is 5.92 Å². The normalized spacial score (nSPS) is 15.6. The molecule has 5 rings (SSSR count). The summed E-state index contributed by atoms with van der Waals surface area (Å²) in [4.78, 5) is 32.3. The van der Waals surface area contributed by atoms with E-state index in [0.29, 0.717) is 42.7 Å². The number of benzene rings is 2. The summed E-state index contributed by atoms with van der Waals surface area (Å²) in [5.41, 5.74) is 2.21. The lowest BCUT2D eigenvalue weighted by Crippen LogP contribution is -2.45. The van der Waals surface area contributed by atoms with Crippen molar-refractivity contribution in [1.82, 2.24) is 20.0 Å². The molecule has 0 spiro atoms. The van der Waals surface area contributed by atoms with Crippen molar-refractivity contribution in [3.63, 3.8) is 0 Å². The molecular formula is C29H32ClN5O3. The van der Waals surface area contributed by atoms with Gasteiger partial charge in [-0.05, 0) is 73.7 Å². The van der Waals surface area contributed by atoms with Crippen molar-refractivity contribution in [3.05, 3.63) is 71.2 Å². The van der Waals surface area contributed by atoms with Gasteiger partial charge in [-0.3, -0.25) is 9.59 Å². The van der Waals surface area contributed by atoms with Crippen molar-refractivity contribution in [3.8, 4) is 17.0 Å². The van der Waals surface area contributed by atoms with Gasteiger partial charge in [-0.2, -0.15) is 0 Å². The van der Waals surface area contributed by atoms with E-state index in [9.17, 15) is 9.59 Å². The molecule has 8 nitrogen and oxygen atoms in total. The maximum atomic E-state index is 13.3. The fourth-order valence-electron chi connectivity index (χ4n) is 4.71. The lowest BCUT2D eigenvalue weighted by Gasteiger charge is -2.27. The quantitative estimate of drug-likeness (QED) is 0.427. The number of ether oxygens (including phenoxy) is 1. The third kappa shape index (κ3) is 6.25. The Morgan fingerprint density at radius 2 is 1.76 bits per heavy atom. The van der Waals surface area contributed by atoms with Crippen LogP contribution in [0.25, 0.3) is 11.3 Å². The molecule has 9 heteroatoms. The maximum absolute atomic E-state index is 13.3. The fourth-order valence-corrected chi connectivity index (χ4v) is 4.92. The lowest BCUT2D eigenvalue weighted by atomic mass is 10.1. The highest BCUT2D eigenvalue weighted by molar-refractivity contribution is 6.33. The number of rotatable bonds is 8. The molecular weight excluding hydrogens is 502 g/mol. The van der Waals surface area contributed by atoms with Crippen LogP contribution < -0.4 is 9.64 Å². The second kappa shape index (κ2) is 11.8. The molecule has 2 amide bonds. The van der Waals surface area contributed by atoms with Gasteiger partial charge in [0.15, 0.2) is 5.82 Å². The van der Waals surface area contributed by atoms with Crippen LogP contribution in [0.3, 0.4) is 0 Å². The zero-order chi connectivity index (χ0) is 26.5. The summed E-state index contributed by atoms with van der Waals surface area (Å²) in [5, 5.41) is 9.30. The van der Waals surface area contributed by atoms with Crippen molar-refractivity contribution in [2.75, 3.05) is 51.3 Å². The standard InChI is InChI=1S/C29H32ClN5O3/c1-38-23-11-9-22(10-12-23)26-13-14-27(32-31-26)33-15-4-16-34(18-17-33)28(36)20-35(19-21-7-8-21)29(37)24-5-2-3-6-25(24)30/h2-3,5-6,9-14,21H,4,7-8,15-20H2,1H3. The van der Waals surface area contributed by atoms with Gasteiger partial charge >= 0.3 is 0 Å². The predicted molar refractivity (Wildman–Crippen MR) is 148 cm³/mol. The van der Waals surface area contributed by atoms with Crippen LogP contribution in [0.2, 0.25) is 5.02 Å². The Kier molecular flexibility index (Phi) is 8.08. The molecule has 0 N–H and O–H groups in total. The molecule has 2 aliphatic rings. The van der Waals surface area contributed by atoms with Crippen molar-refractivity contribution in [1.29, 1.82) is 0 Å². The lowest BCUT2D eigenvalue weighted by molar-refractivity contribution is -0.131. The molecule has 1 aliphatic carbocycles. The molecule has 0 unspecified atom stereocenters. The van der Waals surface area contributed by atoms with Crippen LogP contribution in [0.4, 0.5) is 5.82 Å². The number of halogens is 1. The van der Waals surface area contributed by atoms with Crippen LogP contribution in [0.1, 0.15) is 29.6 Å². The van der Waals surface area contributed by atoms with E-state index in [0.717, 1.165) is 48.6 Å². The summed E-state index contributed by atoms with van der Waals surface area (Å²) in [6.07, 6.45) is 3.00. The number of carbonyl (C=O) groups is 2. The van der Waals surface area contributed by atoms with Gasteiger partial charge in [-0.15, -0.1) is 10.2 Å². The molecule has 38 heavy (non-hydrogen) atoms. The minimum Gasteiger partial charge on any atom is -0.497 e. The minimum atomic E-state index is -0.181. The number of anilines is 1. The number of nitrogens with zero attached hydrogens (tertiary/aromatic N) is 5. The van der Waals surface area contributed by atoms with Crippen LogP contribution in [0.5, 0.6) is 5.75 Å². The molecule has 198 valence electrons. The highest BCUT2D eigenvalue weighted by Crippen LogP contribution is 2.31. The topological polar surface area (TPSA) is 78.9 Å². The number of amides is 2. The zero-order valence-electron chi connectivity index (χ0n) is 21.6. The van der Waals surface area contributed by atoms with Crippen molar-refractivity contribution >= 4 is 29.2 Å². The molecule has 2 fully saturated rings. The first-order valence-corrected chi connectivity index (χ1v) is 13.4. The molecule has 0 bridgehead atoms. The number of hydrogen-bond acceptors (Lipinski definition) is 6. The molecule has 2 heterocycles. The van der Waals surface area contributed by atoms with E-state index in [4.69, 9.17) is 16.3 Å². The van der Waals surface area contributed by atoms with Gasteiger partial charge in [0.2, 0.25) is 5.91 Å². The van der Waals surface area contributed by atoms with E-state index in [2.05, 4.69) is 15.1 Å². The van der Waals surface area contributed by atoms with Gasteiger partial charge < -0.3 is 19.4 Å². The largest absolute Gasteiger partial charge is 0.497 e. The van der Waals surface area contributed by atoms with Crippen LogP contribution in [-0.2, 0) is 4.79 Å². The smallest absolute Gasteiger partial charge is 0.255 e. The first-order valence-electron chi connectivity index (χ1n) is 13.1. The average molecular weight is 534 g/mol. The summed E-state index contributed by atoms with van der Waals surface area (Å²) < 4.78 is 5.22. The monoisotopic (exact) mass is 533 g/mol. The van der Waals surface area contributed by atoms with E-state index < -0.39 is 0 Å². The Balaban J connectivity index is 1.20. The van der Waals surface area contributed by atoms with Gasteiger partial charge in [-0.25, -0.2) is 0 Å². The molecule has 3 aromatic rings. The zero-order valence-corrected chi connectivity index (χ0v) is 22.3. The Morgan fingerprint density at radius 1 is 0.974 bits per heavy atom. The Morgan fingerprint density at radius 3 is 2.45 bits per heavy atom. The van der Waals surface area contributed by atoms with Gasteiger partial charge in [-0.1, -0.05) is 23.7 Å². The number of methoxy groups -OCH3 is 1. The first-order chi connectivity index (χ1) is 18.5. The van der Waals surface area contributed by atoms with E-state index >= 15 is 0 Å². The van der Waals surface area contributed by atoms with Crippen LogP contribution >= 0.6 is 11.6 Å². The van der Waals surface area contributed by atoms with Crippen LogP contribution in [0.15, 0.2) is 60.7 Å². The highest BCUT2D eigenvalue weighted by atomic mass is 35.5. The average Bonchev–Trinajstić information content (AvgIpc) is 3.80. The van der Waals surface area contributed by atoms with E-state index in [-0.39, 0.29) is 18.4 Å². The van der Waals surface area contributed by atoms with E-state index in [1.165, 1.54) is 0 Å². The number of aromatic nitrogens is 2. The molecule has 1 aromatic heterocycles. The molecule has 0 radical (unpaired) electrons. The van der Waals surface area contributed by atoms with Gasteiger partial charge in [0.1, 0.15) is 12.3 Å². The number of hydrogen-bond donors (Lipinski definition) is 0.